The van der Waals surface area contributed by atoms with Gasteiger partial charge in [-0.05, 0) is 6.07 Å². The van der Waals surface area contributed by atoms with Crippen LogP contribution in [0.5, 0.6) is 0 Å². The van der Waals surface area contributed by atoms with E-state index >= 15 is 0 Å². The first kappa shape index (κ1) is 8.96. The lowest BCUT2D eigenvalue weighted by molar-refractivity contribution is -0.00355. The summed E-state index contributed by atoms with van der Waals surface area (Å²) in [6.07, 6.45) is 0. The molecule has 0 radical (unpaired) electrons. The molecule has 0 atom stereocenters. The van der Waals surface area contributed by atoms with Gasteiger partial charge < -0.3 is 15.0 Å². The Kier molecular flexibility index (Phi) is 2.32. The average molecular weight is 194 g/mol. The zero-order valence-electron chi connectivity index (χ0n) is 7.45. The monoisotopic (exact) mass is 194 g/mol. The molecular weight excluding hydrogens is 184 g/mol. The largest absolute Gasteiger partial charge is 0.377 e. The van der Waals surface area contributed by atoms with Gasteiger partial charge >= 0.3 is 0 Å². The molecule has 0 aliphatic carbocycles. The molecular formula is C9H10N2O3. The van der Waals surface area contributed by atoms with Crippen LogP contribution in [0.4, 0.5) is 0 Å². The van der Waals surface area contributed by atoms with E-state index in [9.17, 15) is 9.59 Å². The fourth-order valence-corrected chi connectivity index (χ4v) is 1.16. The molecule has 0 spiro atoms. The second-order valence-electron chi connectivity index (χ2n) is 3.14. The fourth-order valence-electron chi connectivity index (χ4n) is 1.16. The summed E-state index contributed by atoms with van der Waals surface area (Å²) in [7, 11) is 0. The van der Waals surface area contributed by atoms with E-state index in [0.717, 1.165) is 0 Å². The first-order valence-corrected chi connectivity index (χ1v) is 4.33. The second-order valence-corrected chi connectivity index (χ2v) is 3.14. The molecule has 2 N–H and O–H groups in total. The summed E-state index contributed by atoms with van der Waals surface area (Å²) in [5.74, 6) is -0.268. The molecule has 1 aliphatic heterocycles. The normalized spacial score (nSPS) is 16.0. The third kappa shape index (κ3) is 1.82. The highest BCUT2D eigenvalue weighted by Crippen LogP contribution is 2.00. The van der Waals surface area contributed by atoms with Crippen molar-refractivity contribution in [3.05, 3.63) is 34.2 Å². The smallest absolute Gasteiger partial charge is 0.268 e. The molecule has 1 amide bonds. The number of H-pyrrole nitrogens is 1. The van der Waals surface area contributed by atoms with Gasteiger partial charge in [-0.3, -0.25) is 9.59 Å². The predicted octanol–water partition coefficient (Wildman–Crippen LogP) is -0.497. The van der Waals surface area contributed by atoms with Crippen LogP contribution in [0.15, 0.2) is 23.0 Å². The summed E-state index contributed by atoms with van der Waals surface area (Å²) in [4.78, 5) is 24.8. The van der Waals surface area contributed by atoms with Crippen LogP contribution >= 0.6 is 0 Å². The summed E-state index contributed by atoms with van der Waals surface area (Å²) < 4.78 is 4.91. The van der Waals surface area contributed by atoms with Crippen molar-refractivity contribution in [2.24, 2.45) is 0 Å². The number of hydrogen-bond acceptors (Lipinski definition) is 3. The Labute approximate surface area is 80.1 Å². The molecule has 1 aromatic heterocycles. The minimum absolute atomic E-state index is 0.0752. The Morgan fingerprint density at radius 1 is 1.50 bits per heavy atom. The summed E-state index contributed by atoms with van der Waals surface area (Å²) in [5.41, 5.74) is 0.00640. The van der Waals surface area contributed by atoms with E-state index in [1.54, 1.807) is 12.1 Å². The van der Waals surface area contributed by atoms with Gasteiger partial charge in [0, 0.05) is 6.07 Å². The lowest BCUT2D eigenvalue weighted by atomic mass is 10.2. The van der Waals surface area contributed by atoms with Gasteiger partial charge in [-0.1, -0.05) is 6.07 Å². The van der Waals surface area contributed by atoms with E-state index in [2.05, 4.69) is 10.3 Å². The maximum absolute atomic E-state index is 11.5. The maximum Gasteiger partial charge on any atom is 0.268 e. The standard InChI is InChI=1S/C9H10N2O3/c12-8-3-1-2-7(11-8)9(13)10-6-4-14-5-6/h1-3,6H,4-5H2,(H,10,13)(H,11,12). The minimum Gasteiger partial charge on any atom is -0.377 e. The molecule has 1 fully saturated rings. The van der Waals surface area contributed by atoms with Crippen molar-refractivity contribution < 1.29 is 9.53 Å². The molecule has 2 rings (SSSR count). The Morgan fingerprint density at radius 2 is 2.29 bits per heavy atom. The van der Waals surface area contributed by atoms with Crippen LogP contribution in [0.2, 0.25) is 0 Å². The molecule has 74 valence electrons. The van der Waals surface area contributed by atoms with Gasteiger partial charge in [0.2, 0.25) is 5.56 Å². The number of aromatic amines is 1. The van der Waals surface area contributed by atoms with E-state index in [1.807, 2.05) is 0 Å². The fraction of sp³-hybridized carbons (Fsp3) is 0.333. The second kappa shape index (κ2) is 3.63. The van der Waals surface area contributed by atoms with E-state index in [-0.39, 0.29) is 23.2 Å². The number of amides is 1. The molecule has 0 unspecified atom stereocenters. The number of carbonyl (C=O) groups excluding carboxylic acids is 1. The number of ether oxygens (including phenoxy) is 1. The molecule has 5 heteroatoms. The lowest BCUT2D eigenvalue weighted by Gasteiger charge is -2.26. The SMILES string of the molecule is O=C(NC1COC1)c1cccc(=O)[nH]1. The number of aromatic nitrogens is 1. The molecule has 0 bridgehead atoms. The van der Waals surface area contributed by atoms with Crippen molar-refractivity contribution >= 4 is 5.91 Å². The third-order valence-electron chi connectivity index (χ3n) is 1.99. The van der Waals surface area contributed by atoms with Crippen LogP contribution in [-0.4, -0.2) is 30.1 Å². The van der Waals surface area contributed by atoms with Crippen LogP contribution in [0, 0.1) is 0 Å². The van der Waals surface area contributed by atoms with E-state index in [4.69, 9.17) is 4.74 Å². The van der Waals surface area contributed by atoms with Gasteiger partial charge in [-0.2, -0.15) is 0 Å². The van der Waals surface area contributed by atoms with Gasteiger partial charge in [0.1, 0.15) is 5.69 Å². The highest BCUT2D eigenvalue weighted by Gasteiger charge is 2.21. The molecule has 2 heterocycles. The molecule has 5 nitrogen and oxygen atoms in total. The van der Waals surface area contributed by atoms with Crippen molar-refractivity contribution in [2.45, 2.75) is 6.04 Å². The zero-order valence-corrected chi connectivity index (χ0v) is 7.45. The van der Waals surface area contributed by atoms with Crippen LogP contribution in [0.1, 0.15) is 10.5 Å². The van der Waals surface area contributed by atoms with Gasteiger partial charge in [-0.15, -0.1) is 0 Å². The number of carbonyl (C=O) groups is 1. The molecule has 1 aliphatic rings. The predicted molar refractivity (Wildman–Crippen MR) is 49.1 cm³/mol. The zero-order chi connectivity index (χ0) is 9.97. The van der Waals surface area contributed by atoms with Gasteiger partial charge in [-0.25, -0.2) is 0 Å². The number of pyridine rings is 1. The highest BCUT2D eigenvalue weighted by atomic mass is 16.5. The van der Waals surface area contributed by atoms with E-state index in [0.29, 0.717) is 13.2 Å². The molecule has 0 aromatic carbocycles. The van der Waals surface area contributed by atoms with Crippen molar-refractivity contribution in [3.8, 4) is 0 Å². The van der Waals surface area contributed by atoms with Crippen LogP contribution in [0.25, 0.3) is 0 Å². The van der Waals surface area contributed by atoms with Crippen LogP contribution in [0.3, 0.4) is 0 Å². The molecule has 1 saturated heterocycles. The first-order valence-electron chi connectivity index (χ1n) is 4.33. The average Bonchev–Trinajstić information content (AvgIpc) is 2.11. The summed E-state index contributed by atoms with van der Waals surface area (Å²) in [5, 5.41) is 2.73. The van der Waals surface area contributed by atoms with E-state index < -0.39 is 0 Å². The first-order chi connectivity index (χ1) is 6.75. The quantitative estimate of drug-likeness (QED) is 0.667. The Hall–Kier alpha value is -1.62. The number of rotatable bonds is 2. The Bertz CT molecular complexity index is 395. The Balaban J connectivity index is 2.06. The topological polar surface area (TPSA) is 71.2 Å². The van der Waals surface area contributed by atoms with E-state index in [1.165, 1.54) is 6.07 Å². The number of hydrogen-bond donors (Lipinski definition) is 2. The van der Waals surface area contributed by atoms with Gasteiger partial charge in [0.05, 0.1) is 19.3 Å². The summed E-state index contributed by atoms with van der Waals surface area (Å²) >= 11 is 0. The summed E-state index contributed by atoms with van der Waals surface area (Å²) in [6, 6.07) is 4.55. The van der Waals surface area contributed by atoms with Gasteiger partial charge in [0.25, 0.3) is 5.91 Å². The molecule has 0 saturated carbocycles. The lowest BCUT2D eigenvalue weighted by Crippen LogP contribution is -2.48. The Morgan fingerprint density at radius 3 is 2.86 bits per heavy atom. The minimum atomic E-state index is -0.275. The van der Waals surface area contributed by atoms with Crippen molar-refractivity contribution in [1.29, 1.82) is 0 Å². The third-order valence-corrected chi connectivity index (χ3v) is 1.99. The highest BCUT2D eigenvalue weighted by molar-refractivity contribution is 5.92. The summed E-state index contributed by atoms with van der Waals surface area (Å²) in [6.45, 7) is 1.09. The van der Waals surface area contributed by atoms with Crippen LogP contribution in [-0.2, 0) is 4.74 Å². The molecule has 14 heavy (non-hydrogen) atoms. The van der Waals surface area contributed by atoms with Crippen LogP contribution < -0.4 is 10.9 Å². The maximum atomic E-state index is 11.5. The van der Waals surface area contributed by atoms with Crippen molar-refractivity contribution in [2.75, 3.05) is 13.2 Å². The van der Waals surface area contributed by atoms with Gasteiger partial charge in [0.15, 0.2) is 0 Å². The van der Waals surface area contributed by atoms with Crippen molar-refractivity contribution in [1.82, 2.24) is 10.3 Å². The molecule has 1 aromatic rings. The van der Waals surface area contributed by atoms with Crippen molar-refractivity contribution in [3.63, 3.8) is 0 Å². The number of nitrogens with one attached hydrogen (secondary N) is 2.